The summed E-state index contributed by atoms with van der Waals surface area (Å²) < 4.78 is 40.3. The van der Waals surface area contributed by atoms with Crippen LogP contribution in [0.2, 0.25) is 0 Å². The second-order valence-electron chi connectivity index (χ2n) is 7.85. The lowest BCUT2D eigenvalue weighted by Crippen LogP contribution is -2.26. The van der Waals surface area contributed by atoms with Gasteiger partial charge in [-0.05, 0) is 55.3 Å². The molecule has 1 amide bonds. The first kappa shape index (κ1) is 21.9. The van der Waals surface area contributed by atoms with Gasteiger partial charge in [0, 0.05) is 12.1 Å². The van der Waals surface area contributed by atoms with E-state index in [1.807, 2.05) is 30.3 Å². The number of benzene rings is 2. The number of hydrogen-bond acceptors (Lipinski definition) is 6. The molecule has 174 valence electrons. The zero-order chi connectivity index (χ0) is 23.7. The number of ether oxygens (including phenoxy) is 1. The van der Waals surface area contributed by atoms with E-state index >= 15 is 0 Å². The average molecular weight is 479 g/mol. The summed E-state index contributed by atoms with van der Waals surface area (Å²) in [6.07, 6.45) is 3.17. The number of para-hydroxylation sites is 1. The number of hydrogen-bond donors (Lipinski definition) is 2. The summed E-state index contributed by atoms with van der Waals surface area (Å²) in [5, 5.41) is 7.33. The third kappa shape index (κ3) is 4.45. The highest BCUT2D eigenvalue weighted by Gasteiger charge is 2.29. The molecule has 1 aliphatic carbocycles. The molecule has 34 heavy (non-hydrogen) atoms. The van der Waals surface area contributed by atoms with Gasteiger partial charge in [-0.3, -0.25) is 4.79 Å². The van der Waals surface area contributed by atoms with Gasteiger partial charge in [0.1, 0.15) is 17.1 Å². The summed E-state index contributed by atoms with van der Waals surface area (Å²) in [5.41, 5.74) is 1.63. The van der Waals surface area contributed by atoms with Crippen LogP contribution in [-0.4, -0.2) is 37.3 Å². The van der Waals surface area contributed by atoms with E-state index in [4.69, 9.17) is 9.15 Å². The number of furan rings is 1. The number of nitrogens with one attached hydrogen (secondary N) is 2. The fraction of sp³-hybridized carbons (Fsp3) is 0.167. The van der Waals surface area contributed by atoms with Crippen molar-refractivity contribution in [2.75, 3.05) is 12.4 Å². The van der Waals surface area contributed by atoms with Crippen molar-refractivity contribution in [3.05, 3.63) is 78.7 Å². The van der Waals surface area contributed by atoms with Crippen LogP contribution in [0.3, 0.4) is 0 Å². The maximum atomic E-state index is 13.4. The van der Waals surface area contributed by atoms with Crippen LogP contribution in [0.25, 0.3) is 17.1 Å². The van der Waals surface area contributed by atoms with Gasteiger partial charge in [-0.25, -0.2) is 17.8 Å². The fourth-order valence-corrected chi connectivity index (χ4v) is 4.81. The highest BCUT2D eigenvalue weighted by Crippen LogP contribution is 2.30. The molecule has 10 heteroatoms. The number of anilines is 1. The van der Waals surface area contributed by atoms with E-state index in [0.29, 0.717) is 22.9 Å². The minimum Gasteiger partial charge on any atom is -0.495 e. The molecule has 1 aliphatic rings. The number of sulfonamides is 1. The van der Waals surface area contributed by atoms with Gasteiger partial charge < -0.3 is 14.5 Å². The van der Waals surface area contributed by atoms with Gasteiger partial charge >= 0.3 is 0 Å². The quantitative estimate of drug-likeness (QED) is 0.398. The topological polar surface area (TPSA) is 115 Å². The lowest BCUT2D eigenvalue weighted by atomic mass is 10.2. The van der Waals surface area contributed by atoms with Crippen molar-refractivity contribution in [3.63, 3.8) is 0 Å². The predicted molar refractivity (Wildman–Crippen MR) is 126 cm³/mol. The molecule has 0 spiro atoms. The monoisotopic (exact) mass is 478 g/mol. The molecule has 1 saturated carbocycles. The Morgan fingerprint density at radius 1 is 1.09 bits per heavy atom. The molecule has 1 fully saturated rings. The van der Waals surface area contributed by atoms with E-state index in [1.54, 1.807) is 18.2 Å². The highest BCUT2D eigenvalue weighted by molar-refractivity contribution is 7.89. The Hall–Kier alpha value is -3.89. The molecule has 2 heterocycles. The number of carbonyl (C=O) groups excluding carboxylic acids is 1. The molecule has 2 aromatic carbocycles. The molecule has 0 saturated heterocycles. The molecule has 0 aliphatic heterocycles. The molecule has 4 aromatic rings. The summed E-state index contributed by atoms with van der Waals surface area (Å²) in [6.45, 7) is 0. The molecule has 5 rings (SSSR count). The Kier molecular flexibility index (Phi) is 5.68. The summed E-state index contributed by atoms with van der Waals surface area (Å²) in [6, 6.07) is 18.6. The highest BCUT2D eigenvalue weighted by atomic mass is 32.2. The van der Waals surface area contributed by atoms with Crippen molar-refractivity contribution < 1.29 is 22.4 Å². The van der Waals surface area contributed by atoms with Gasteiger partial charge in [-0.1, -0.05) is 18.2 Å². The van der Waals surface area contributed by atoms with Gasteiger partial charge in [0.2, 0.25) is 10.0 Å². The SMILES string of the molecule is COc1ccc(S(=O)(=O)NC2CC2)cc1NC(=O)c1cc(-c2ccco2)nn1-c1ccccc1. The molecule has 2 N–H and O–H groups in total. The summed E-state index contributed by atoms with van der Waals surface area (Å²) in [5.74, 6) is 0.355. The fourth-order valence-electron chi connectivity index (χ4n) is 3.48. The molecule has 0 unspecified atom stereocenters. The van der Waals surface area contributed by atoms with Gasteiger partial charge in [0.15, 0.2) is 5.76 Å². The Morgan fingerprint density at radius 2 is 1.88 bits per heavy atom. The Balaban J connectivity index is 1.51. The van der Waals surface area contributed by atoms with E-state index < -0.39 is 15.9 Å². The molecule has 0 radical (unpaired) electrons. The van der Waals surface area contributed by atoms with E-state index in [0.717, 1.165) is 12.8 Å². The maximum Gasteiger partial charge on any atom is 0.274 e. The second-order valence-corrected chi connectivity index (χ2v) is 9.57. The van der Waals surface area contributed by atoms with Crippen LogP contribution in [0.1, 0.15) is 23.3 Å². The van der Waals surface area contributed by atoms with Crippen molar-refractivity contribution in [2.45, 2.75) is 23.8 Å². The first-order valence-electron chi connectivity index (χ1n) is 10.7. The number of rotatable bonds is 8. The van der Waals surface area contributed by atoms with Crippen LogP contribution >= 0.6 is 0 Å². The summed E-state index contributed by atoms with van der Waals surface area (Å²) >= 11 is 0. The lowest BCUT2D eigenvalue weighted by Gasteiger charge is -2.13. The van der Waals surface area contributed by atoms with E-state index in [9.17, 15) is 13.2 Å². The normalized spacial score (nSPS) is 13.6. The summed E-state index contributed by atoms with van der Waals surface area (Å²) in [7, 11) is -2.26. The third-order valence-electron chi connectivity index (χ3n) is 5.35. The number of amides is 1. The number of nitrogens with zero attached hydrogens (tertiary/aromatic N) is 2. The molecule has 0 atom stereocenters. The minimum absolute atomic E-state index is 0.0367. The standard InChI is InChI=1S/C24H22N4O5S/c1-32-22-12-11-18(34(30,31)27-16-9-10-16)14-19(22)25-24(29)21-15-20(23-8-5-13-33-23)26-28(21)17-6-3-2-4-7-17/h2-8,11-16,27H,9-10H2,1H3,(H,25,29). The van der Waals surface area contributed by atoms with Crippen molar-refractivity contribution in [1.29, 1.82) is 0 Å². The van der Waals surface area contributed by atoms with E-state index in [-0.39, 0.29) is 22.3 Å². The number of carbonyl (C=O) groups is 1. The molecule has 0 bridgehead atoms. The molecule has 2 aromatic heterocycles. The minimum atomic E-state index is -3.71. The molecular weight excluding hydrogens is 456 g/mol. The zero-order valence-electron chi connectivity index (χ0n) is 18.3. The maximum absolute atomic E-state index is 13.4. The Labute approximate surface area is 196 Å². The van der Waals surface area contributed by atoms with Crippen molar-refractivity contribution in [1.82, 2.24) is 14.5 Å². The van der Waals surface area contributed by atoms with E-state index in [1.165, 1.54) is 36.3 Å². The zero-order valence-corrected chi connectivity index (χ0v) is 19.1. The third-order valence-corrected chi connectivity index (χ3v) is 6.86. The molecular formula is C24H22N4O5S. The van der Waals surface area contributed by atoms with E-state index in [2.05, 4.69) is 15.1 Å². The van der Waals surface area contributed by atoms with Crippen LogP contribution in [0.4, 0.5) is 5.69 Å². The number of methoxy groups -OCH3 is 1. The van der Waals surface area contributed by atoms with Crippen LogP contribution < -0.4 is 14.8 Å². The predicted octanol–water partition coefficient (Wildman–Crippen LogP) is 3.83. The Morgan fingerprint density at radius 3 is 2.56 bits per heavy atom. The van der Waals surface area contributed by atoms with Crippen LogP contribution in [0.5, 0.6) is 5.75 Å². The van der Waals surface area contributed by atoms with Crippen molar-refractivity contribution >= 4 is 21.6 Å². The largest absolute Gasteiger partial charge is 0.495 e. The first-order chi connectivity index (χ1) is 16.4. The van der Waals surface area contributed by atoms with Crippen LogP contribution in [0, 0.1) is 0 Å². The van der Waals surface area contributed by atoms with Gasteiger partial charge in [0.05, 0.1) is 29.6 Å². The van der Waals surface area contributed by atoms with Crippen LogP contribution in [-0.2, 0) is 10.0 Å². The summed E-state index contributed by atoms with van der Waals surface area (Å²) in [4.78, 5) is 13.4. The van der Waals surface area contributed by atoms with Gasteiger partial charge in [-0.2, -0.15) is 5.10 Å². The van der Waals surface area contributed by atoms with Crippen LogP contribution in [0.15, 0.2) is 82.3 Å². The second kappa shape index (κ2) is 8.81. The average Bonchev–Trinajstić information content (AvgIpc) is 3.29. The molecule has 9 nitrogen and oxygen atoms in total. The van der Waals surface area contributed by atoms with Crippen molar-refractivity contribution in [2.24, 2.45) is 0 Å². The smallest absolute Gasteiger partial charge is 0.274 e. The Bertz CT molecular complexity index is 1430. The van der Waals surface area contributed by atoms with Gasteiger partial charge in [-0.15, -0.1) is 0 Å². The first-order valence-corrected chi connectivity index (χ1v) is 12.1. The van der Waals surface area contributed by atoms with Gasteiger partial charge in [0.25, 0.3) is 5.91 Å². The van der Waals surface area contributed by atoms with Crippen molar-refractivity contribution in [3.8, 4) is 22.9 Å². The lowest BCUT2D eigenvalue weighted by molar-refractivity contribution is 0.101. The number of aromatic nitrogens is 2.